The average Bonchev–Trinajstić information content (AvgIpc) is 2.60. The normalized spacial score (nSPS) is 11.4. The quantitative estimate of drug-likeness (QED) is 0.525. The number of aryl methyl sites for hydroxylation is 1. The van der Waals surface area contributed by atoms with Gasteiger partial charge in [-0.05, 0) is 38.1 Å². The lowest BCUT2D eigenvalue weighted by Crippen LogP contribution is -2.46. The first-order valence-electron chi connectivity index (χ1n) is 8.14. The molecule has 0 bridgehead atoms. The van der Waals surface area contributed by atoms with Crippen molar-refractivity contribution in [2.45, 2.75) is 24.8 Å². The monoisotopic (exact) mass is 357 g/mol. The number of rotatable bonds is 7. The predicted molar refractivity (Wildman–Crippen MR) is 103 cm³/mol. The largest absolute Gasteiger partial charge is 0.353 e. The van der Waals surface area contributed by atoms with Crippen LogP contribution in [0.4, 0.5) is 10.5 Å². The Labute approximate surface area is 152 Å². The molecule has 0 saturated carbocycles. The zero-order valence-electron chi connectivity index (χ0n) is 14.4. The average molecular weight is 357 g/mol. The van der Waals surface area contributed by atoms with E-state index in [1.807, 2.05) is 18.2 Å². The summed E-state index contributed by atoms with van der Waals surface area (Å²) in [7, 11) is 0. The molecule has 2 rings (SSSR count). The Morgan fingerprint density at radius 1 is 1.04 bits per heavy atom. The Balaban J connectivity index is 1.65. The summed E-state index contributed by atoms with van der Waals surface area (Å²) in [5.41, 5.74) is 1.91. The van der Waals surface area contributed by atoms with E-state index in [0.29, 0.717) is 12.2 Å². The second-order valence-corrected chi connectivity index (χ2v) is 6.81. The molecule has 0 aliphatic heterocycles. The summed E-state index contributed by atoms with van der Waals surface area (Å²) in [6.45, 7) is 4.26. The van der Waals surface area contributed by atoms with Gasteiger partial charge in [0.1, 0.15) is 6.04 Å². The molecule has 132 valence electrons. The van der Waals surface area contributed by atoms with Gasteiger partial charge >= 0.3 is 6.03 Å². The Morgan fingerprint density at radius 2 is 1.72 bits per heavy atom. The molecule has 0 aliphatic rings. The van der Waals surface area contributed by atoms with Gasteiger partial charge in [0.2, 0.25) is 5.91 Å². The van der Waals surface area contributed by atoms with Crippen molar-refractivity contribution in [3.8, 4) is 0 Å². The molecule has 6 heteroatoms. The fraction of sp³-hybridized carbons (Fsp3) is 0.263. The van der Waals surface area contributed by atoms with Crippen molar-refractivity contribution < 1.29 is 9.59 Å². The van der Waals surface area contributed by atoms with Crippen LogP contribution < -0.4 is 16.0 Å². The summed E-state index contributed by atoms with van der Waals surface area (Å²) in [5, 5.41) is 8.14. The van der Waals surface area contributed by atoms with Crippen molar-refractivity contribution in [2.75, 3.05) is 17.6 Å². The number of benzene rings is 2. The molecular weight excluding hydrogens is 334 g/mol. The van der Waals surface area contributed by atoms with Crippen LogP contribution in [0.3, 0.4) is 0 Å². The van der Waals surface area contributed by atoms with Crippen molar-refractivity contribution in [2.24, 2.45) is 0 Å². The van der Waals surface area contributed by atoms with Crippen LogP contribution in [-0.2, 0) is 4.79 Å². The van der Waals surface area contributed by atoms with Crippen LogP contribution in [-0.4, -0.2) is 30.3 Å². The first kappa shape index (κ1) is 18.9. The van der Waals surface area contributed by atoms with E-state index in [2.05, 4.69) is 47.1 Å². The first-order valence-corrected chi connectivity index (χ1v) is 9.13. The van der Waals surface area contributed by atoms with Crippen LogP contribution in [0.2, 0.25) is 0 Å². The van der Waals surface area contributed by atoms with Crippen LogP contribution in [0.25, 0.3) is 0 Å². The fourth-order valence-corrected chi connectivity index (χ4v) is 2.85. The molecule has 25 heavy (non-hydrogen) atoms. The van der Waals surface area contributed by atoms with Crippen LogP contribution in [0.1, 0.15) is 12.5 Å². The molecule has 2 aromatic rings. The molecule has 1 unspecified atom stereocenters. The van der Waals surface area contributed by atoms with Gasteiger partial charge in [0, 0.05) is 22.9 Å². The highest BCUT2D eigenvalue weighted by Crippen LogP contribution is 2.17. The number of hydrogen-bond acceptors (Lipinski definition) is 3. The first-order chi connectivity index (χ1) is 12.0. The van der Waals surface area contributed by atoms with E-state index in [1.165, 1.54) is 10.5 Å². The Morgan fingerprint density at radius 3 is 2.40 bits per heavy atom. The smallest absolute Gasteiger partial charge is 0.319 e. The van der Waals surface area contributed by atoms with Crippen LogP contribution >= 0.6 is 11.8 Å². The number of urea groups is 1. The molecule has 5 nitrogen and oxygen atoms in total. The van der Waals surface area contributed by atoms with Crippen molar-refractivity contribution in [3.05, 3.63) is 60.2 Å². The number of thioether (sulfide) groups is 1. The Bertz CT molecular complexity index is 690. The molecule has 0 spiro atoms. The van der Waals surface area contributed by atoms with Gasteiger partial charge in [0.25, 0.3) is 0 Å². The molecule has 0 aliphatic carbocycles. The van der Waals surface area contributed by atoms with E-state index in [9.17, 15) is 9.59 Å². The van der Waals surface area contributed by atoms with Gasteiger partial charge < -0.3 is 16.0 Å². The summed E-state index contributed by atoms with van der Waals surface area (Å²) in [6, 6.07) is 16.4. The van der Waals surface area contributed by atoms with Gasteiger partial charge in [-0.15, -0.1) is 11.8 Å². The summed E-state index contributed by atoms with van der Waals surface area (Å²) < 4.78 is 0. The SMILES string of the molecule is Cc1ccc(SCCNC(=O)C(C)NC(=O)Nc2ccccc2)cc1. The van der Waals surface area contributed by atoms with E-state index >= 15 is 0 Å². The van der Waals surface area contributed by atoms with E-state index < -0.39 is 12.1 Å². The number of nitrogens with one attached hydrogen (secondary N) is 3. The summed E-state index contributed by atoms with van der Waals surface area (Å²) in [5.74, 6) is 0.574. The minimum absolute atomic E-state index is 0.201. The van der Waals surface area contributed by atoms with Crippen molar-refractivity contribution in [3.63, 3.8) is 0 Å². The number of hydrogen-bond donors (Lipinski definition) is 3. The van der Waals surface area contributed by atoms with Gasteiger partial charge in [-0.1, -0.05) is 35.9 Å². The van der Waals surface area contributed by atoms with E-state index in [-0.39, 0.29) is 5.91 Å². The number of para-hydroxylation sites is 1. The number of carbonyl (C=O) groups excluding carboxylic acids is 2. The minimum atomic E-state index is -0.604. The van der Waals surface area contributed by atoms with Gasteiger partial charge in [0.05, 0.1) is 0 Å². The van der Waals surface area contributed by atoms with Crippen molar-refractivity contribution in [1.29, 1.82) is 0 Å². The van der Waals surface area contributed by atoms with Gasteiger partial charge in [-0.3, -0.25) is 4.79 Å². The zero-order valence-corrected chi connectivity index (χ0v) is 15.2. The van der Waals surface area contributed by atoms with E-state index in [4.69, 9.17) is 0 Å². The molecule has 0 fully saturated rings. The van der Waals surface area contributed by atoms with Gasteiger partial charge in [0.15, 0.2) is 0 Å². The molecule has 0 saturated heterocycles. The highest BCUT2D eigenvalue weighted by atomic mass is 32.2. The third kappa shape index (κ3) is 6.89. The number of carbonyl (C=O) groups is 2. The molecule has 2 aromatic carbocycles. The van der Waals surface area contributed by atoms with Crippen LogP contribution in [0.5, 0.6) is 0 Å². The third-order valence-corrected chi connectivity index (χ3v) is 4.48. The molecule has 0 heterocycles. The number of anilines is 1. The van der Waals surface area contributed by atoms with Crippen LogP contribution in [0.15, 0.2) is 59.5 Å². The third-order valence-electron chi connectivity index (χ3n) is 3.46. The van der Waals surface area contributed by atoms with Crippen molar-refractivity contribution in [1.82, 2.24) is 10.6 Å². The van der Waals surface area contributed by atoms with Gasteiger partial charge in [-0.25, -0.2) is 4.79 Å². The summed E-state index contributed by atoms with van der Waals surface area (Å²) in [4.78, 5) is 25.1. The molecule has 1 atom stereocenters. The van der Waals surface area contributed by atoms with Crippen LogP contribution in [0, 0.1) is 6.92 Å². The topological polar surface area (TPSA) is 70.2 Å². The summed E-state index contributed by atoms with van der Waals surface area (Å²) in [6.07, 6.45) is 0. The summed E-state index contributed by atoms with van der Waals surface area (Å²) >= 11 is 1.68. The molecule has 0 radical (unpaired) electrons. The molecule has 3 N–H and O–H groups in total. The fourth-order valence-electron chi connectivity index (χ4n) is 2.08. The maximum absolute atomic E-state index is 12.0. The molecule has 0 aromatic heterocycles. The molecular formula is C19H23N3O2S. The minimum Gasteiger partial charge on any atom is -0.353 e. The zero-order chi connectivity index (χ0) is 18.1. The standard InChI is InChI=1S/C19H23N3O2S/c1-14-8-10-17(11-9-14)25-13-12-20-18(23)15(2)21-19(24)22-16-6-4-3-5-7-16/h3-11,15H,12-13H2,1-2H3,(H,20,23)(H2,21,22,24). The Kier molecular flexibility index (Phi) is 7.35. The van der Waals surface area contributed by atoms with Gasteiger partial charge in [-0.2, -0.15) is 0 Å². The second-order valence-electron chi connectivity index (χ2n) is 5.64. The van der Waals surface area contributed by atoms with Crippen molar-refractivity contribution >= 4 is 29.4 Å². The lowest BCUT2D eigenvalue weighted by atomic mass is 10.2. The Hall–Kier alpha value is -2.47. The highest BCUT2D eigenvalue weighted by Gasteiger charge is 2.14. The van der Waals surface area contributed by atoms with E-state index in [1.54, 1.807) is 30.8 Å². The highest BCUT2D eigenvalue weighted by molar-refractivity contribution is 7.99. The number of amides is 3. The predicted octanol–water partition coefficient (Wildman–Crippen LogP) is 3.41. The molecule has 3 amide bonds. The lowest BCUT2D eigenvalue weighted by molar-refractivity contribution is -0.122. The maximum Gasteiger partial charge on any atom is 0.319 e. The maximum atomic E-state index is 12.0. The lowest BCUT2D eigenvalue weighted by Gasteiger charge is -2.14. The second kappa shape index (κ2) is 9.74. The van der Waals surface area contributed by atoms with E-state index in [0.717, 1.165) is 5.75 Å².